The van der Waals surface area contributed by atoms with Crippen LogP contribution in [0.2, 0.25) is 0 Å². The van der Waals surface area contributed by atoms with E-state index in [0.29, 0.717) is 5.56 Å². The summed E-state index contributed by atoms with van der Waals surface area (Å²) >= 11 is 0. The zero-order valence-corrected chi connectivity index (χ0v) is 14.0. The molecular formula is C15H24Cl2N2O3. The van der Waals surface area contributed by atoms with Gasteiger partial charge in [0.1, 0.15) is 0 Å². The minimum absolute atomic E-state index is 0. The topological polar surface area (TPSA) is 76.0 Å². The standard InChI is InChI=1S/C15H22N2O3.2ClH/c1-2-3-4-12(17-9-7-16-8-10-17)11-5-6-13(18)15(20)14(11)19;;/h2,5-6,12,16,18-20H,1,3-4,7-10H2;2*1H/t12-;;/m0../s1. The van der Waals surface area contributed by atoms with Gasteiger partial charge in [0, 0.05) is 37.8 Å². The Bertz CT molecular complexity index is 480. The number of rotatable bonds is 5. The van der Waals surface area contributed by atoms with Gasteiger partial charge in [0.2, 0.25) is 5.75 Å². The first-order valence-electron chi connectivity index (χ1n) is 6.94. The van der Waals surface area contributed by atoms with Crippen molar-refractivity contribution in [2.24, 2.45) is 0 Å². The van der Waals surface area contributed by atoms with Gasteiger partial charge in [-0.25, -0.2) is 0 Å². The number of allylic oxidation sites excluding steroid dienone is 1. The normalized spacial score (nSPS) is 16.2. The van der Waals surface area contributed by atoms with Crippen LogP contribution in [0, 0.1) is 0 Å². The first-order valence-corrected chi connectivity index (χ1v) is 6.94. The minimum Gasteiger partial charge on any atom is -0.504 e. The van der Waals surface area contributed by atoms with Crippen molar-refractivity contribution in [2.75, 3.05) is 26.2 Å². The van der Waals surface area contributed by atoms with Crippen LogP contribution in [0.25, 0.3) is 0 Å². The van der Waals surface area contributed by atoms with Crippen molar-refractivity contribution in [3.63, 3.8) is 0 Å². The highest BCUT2D eigenvalue weighted by molar-refractivity contribution is 5.85. The minimum atomic E-state index is -0.443. The van der Waals surface area contributed by atoms with Crippen molar-refractivity contribution in [2.45, 2.75) is 18.9 Å². The number of phenols is 3. The SMILES string of the molecule is C=CCC[C@@H](c1ccc(O)c(O)c1O)N1CCNCC1.Cl.Cl. The molecule has 5 nitrogen and oxygen atoms in total. The summed E-state index contributed by atoms with van der Waals surface area (Å²) < 4.78 is 0. The number of phenolic OH excluding ortho intramolecular Hbond substituents is 3. The van der Waals surface area contributed by atoms with E-state index < -0.39 is 5.75 Å². The summed E-state index contributed by atoms with van der Waals surface area (Å²) in [7, 11) is 0. The fraction of sp³-hybridized carbons (Fsp3) is 0.467. The van der Waals surface area contributed by atoms with E-state index in [1.165, 1.54) is 6.07 Å². The molecule has 2 rings (SSSR count). The molecule has 1 fully saturated rings. The molecule has 0 amide bonds. The number of nitrogens with one attached hydrogen (secondary N) is 1. The summed E-state index contributed by atoms with van der Waals surface area (Å²) in [6, 6.07) is 3.12. The Morgan fingerprint density at radius 3 is 2.36 bits per heavy atom. The largest absolute Gasteiger partial charge is 0.504 e. The molecule has 0 saturated carbocycles. The van der Waals surface area contributed by atoms with Gasteiger partial charge in [-0.2, -0.15) is 0 Å². The van der Waals surface area contributed by atoms with Gasteiger partial charge in [-0.3, -0.25) is 4.90 Å². The highest BCUT2D eigenvalue weighted by atomic mass is 35.5. The predicted octanol–water partition coefficient (Wildman–Crippen LogP) is 2.56. The third-order valence-electron chi connectivity index (χ3n) is 3.76. The zero-order valence-electron chi connectivity index (χ0n) is 12.4. The molecule has 1 atom stereocenters. The van der Waals surface area contributed by atoms with E-state index in [1.807, 2.05) is 6.08 Å². The first kappa shape index (κ1) is 20.9. The first-order chi connectivity index (χ1) is 9.65. The Hall–Kier alpha value is -1.14. The molecule has 0 radical (unpaired) electrons. The fourth-order valence-electron chi connectivity index (χ4n) is 2.66. The molecule has 1 aliphatic heterocycles. The van der Waals surface area contributed by atoms with Crippen molar-refractivity contribution in [3.8, 4) is 17.2 Å². The quantitative estimate of drug-likeness (QED) is 0.485. The summed E-state index contributed by atoms with van der Waals surface area (Å²) in [4.78, 5) is 2.28. The molecule has 1 saturated heterocycles. The van der Waals surface area contributed by atoms with Crippen molar-refractivity contribution in [1.29, 1.82) is 0 Å². The Kier molecular flexibility index (Phi) is 9.28. The number of piperazine rings is 1. The van der Waals surface area contributed by atoms with E-state index in [4.69, 9.17) is 0 Å². The van der Waals surface area contributed by atoms with E-state index >= 15 is 0 Å². The maximum Gasteiger partial charge on any atom is 0.200 e. The van der Waals surface area contributed by atoms with Crippen LogP contribution in [0.4, 0.5) is 0 Å². The van der Waals surface area contributed by atoms with E-state index in [9.17, 15) is 15.3 Å². The Balaban J connectivity index is 0.00000220. The molecule has 1 aromatic carbocycles. The molecule has 0 aromatic heterocycles. The average molecular weight is 351 g/mol. The van der Waals surface area contributed by atoms with Crippen LogP contribution < -0.4 is 5.32 Å². The molecule has 22 heavy (non-hydrogen) atoms. The van der Waals surface area contributed by atoms with Gasteiger partial charge in [-0.1, -0.05) is 6.08 Å². The van der Waals surface area contributed by atoms with Crippen LogP contribution in [0.1, 0.15) is 24.4 Å². The number of nitrogens with zero attached hydrogens (tertiary/aromatic N) is 1. The lowest BCUT2D eigenvalue weighted by molar-refractivity contribution is 0.163. The number of halogens is 2. The molecule has 0 bridgehead atoms. The van der Waals surface area contributed by atoms with Gasteiger partial charge in [-0.15, -0.1) is 31.4 Å². The Morgan fingerprint density at radius 1 is 1.14 bits per heavy atom. The summed E-state index contributed by atoms with van der Waals surface area (Å²) in [5.41, 5.74) is 0.657. The summed E-state index contributed by atoms with van der Waals surface area (Å²) in [6.45, 7) is 7.35. The van der Waals surface area contributed by atoms with E-state index in [-0.39, 0.29) is 42.4 Å². The van der Waals surface area contributed by atoms with Gasteiger partial charge in [0.15, 0.2) is 11.5 Å². The molecule has 0 unspecified atom stereocenters. The van der Waals surface area contributed by atoms with Gasteiger partial charge in [0.05, 0.1) is 0 Å². The molecule has 1 aromatic rings. The van der Waals surface area contributed by atoms with Crippen LogP contribution in [-0.4, -0.2) is 46.4 Å². The number of hydrogen-bond acceptors (Lipinski definition) is 5. The molecular weight excluding hydrogens is 327 g/mol. The van der Waals surface area contributed by atoms with Gasteiger partial charge < -0.3 is 20.6 Å². The van der Waals surface area contributed by atoms with Crippen molar-refractivity contribution >= 4 is 24.8 Å². The fourth-order valence-corrected chi connectivity index (χ4v) is 2.66. The summed E-state index contributed by atoms with van der Waals surface area (Å²) in [5.74, 6) is -0.965. The molecule has 7 heteroatoms. The molecule has 1 aliphatic rings. The van der Waals surface area contributed by atoms with E-state index in [2.05, 4.69) is 16.8 Å². The van der Waals surface area contributed by atoms with Gasteiger partial charge in [-0.05, 0) is 25.0 Å². The average Bonchev–Trinajstić information content (AvgIpc) is 2.48. The zero-order chi connectivity index (χ0) is 14.5. The van der Waals surface area contributed by atoms with Crippen LogP contribution >= 0.6 is 24.8 Å². The van der Waals surface area contributed by atoms with Crippen molar-refractivity contribution in [1.82, 2.24) is 10.2 Å². The summed E-state index contributed by atoms with van der Waals surface area (Å²) in [6.07, 6.45) is 3.50. The van der Waals surface area contributed by atoms with E-state index in [0.717, 1.165) is 39.0 Å². The lowest BCUT2D eigenvalue weighted by Gasteiger charge is -2.35. The van der Waals surface area contributed by atoms with Crippen molar-refractivity contribution < 1.29 is 15.3 Å². The lowest BCUT2D eigenvalue weighted by atomic mass is 9.98. The van der Waals surface area contributed by atoms with E-state index in [1.54, 1.807) is 6.07 Å². The highest BCUT2D eigenvalue weighted by Crippen LogP contribution is 2.42. The molecule has 126 valence electrons. The molecule has 0 aliphatic carbocycles. The maximum atomic E-state index is 10.1. The van der Waals surface area contributed by atoms with Crippen LogP contribution in [0.15, 0.2) is 24.8 Å². The number of aromatic hydroxyl groups is 3. The van der Waals surface area contributed by atoms with Crippen LogP contribution in [0.3, 0.4) is 0 Å². The second-order valence-corrected chi connectivity index (χ2v) is 5.04. The van der Waals surface area contributed by atoms with Gasteiger partial charge in [0.25, 0.3) is 0 Å². The second-order valence-electron chi connectivity index (χ2n) is 5.04. The highest BCUT2D eigenvalue weighted by Gasteiger charge is 2.25. The number of benzene rings is 1. The second kappa shape index (κ2) is 9.79. The molecule has 1 heterocycles. The van der Waals surface area contributed by atoms with Crippen LogP contribution in [-0.2, 0) is 0 Å². The van der Waals surface area contributed by atoms with Crippen LogP contribution in [0.5, 0.6) is 17.2 Å². The number of hydrogen-bond donors (Lipinski definition) is 4. The lowest BCUT2D eigenvalue weighted by Crippen LogP contribution is -2.45. The summed E-state index contributed by atoms with van der Waals surface area (Å²) in [5, 5.41) is 32.6. The Morgan fingerprint density at radius 2 is 1.77 bits per heavy atom. The molecule has 0 spiro atoms. The maximum absolute atomic E-state index is 10.1. The smallest absolute Gasteiger partial charge is 0.200 e. The Labute approximate surface area is 143 Å². The monoisotopic (exact) mass is 350 g/mol. The third-order valence-corrected chi connectivity index (χ3v) is 3.76. The molecule has 4 N–H and O–H groups in total. The third kappa shape index (κ3) is 4.68. The van der Waals surface area contributed by atoms with Gasteiger partial charge >= 0.3 is 0 Å². The predicted molar refractivity (Wildman–Crippen MR) is 92.5 cm³/mol. The van der Waals surface area contributed by atoms with Crippen molar-refractivity contribution in [3.05, 3.63) is 30.4 Å².